The first kappa shape index (κ1) is 21.5. The van der Waals surface area contributed by atoms with E-state index in [0.29, 0.717) is 24.8 Å². The quantitative estimate of drug-likeness (QED) is 0.777. The molecule has 2 amide bonds. The molecule has 0 spiro atoms. The summed E-state index contributed by atoms with van der Waals surface area (Å²) in [5.74, 6) is 0.630. The highest BCUT2D eigenvalue weighted by molar-refractivity contribution is 5.94. The van der Waals surface area contributed by atoms with Gasteiger partial charge in [-0.05, 0) is 62.4 Å². The summed E-state index contributed by atoms with van der Waals surface area (Å²) < 4.78 is 0. The lowest BCUT2D eigenvalue weighted by molar-refractivity contribution is -0.120. The number of carbonyl (C=O) groups is 2. The Morgan fingerprint density at radius 3 is 2.60 bits per heavy atom. The summed E-state index contributed by atoms with van der Waals surface area (Å²) in [6.07, 6.45) is 2.94. The minimum atomic E-state index is -0.383. The molecular formula is C19H30ClN3O2. The molecular weight excluding hydrogens is 338 g/mol. The van der Waals surface area contributed by atoms with Gasteiger partial charge in [0.1, 0.15) is 0 Å². The van der Waals surface area contributed by atoms with Crippen molar-refractivity contribution >= 4 is 29.9 Å². The van der Waals surface area contributed by atoms with Crippen LogP contribution < -0.4 is 16.0 Å². The first-order chi connectivity index (χ1) is 11.5. The number of carbonyl (C=O) groups excluding carboxylic acids is 2. The Kier molecular flexibility index (Phi) is 8.93. The van der Waals surface area contributed by atoms with Gasteiger partial charge in [-0.25, -0.2) is 0 Å². The molecule has 1 heterocycles. The summed E-state index contributed by atoms with van der Waals surface area (Å²) in [6, 6.07) is 7.83. The second kappa shape index (κ2) is 10.4. The van der Waals surface area contributed by atoms with Crippen LogP contribution in [0.2, 0.25) is 0 Å². The number of nitrogens with one attached hydrogen (secondary N) is 1. The number of hydrogen-bond donors (Lipinski definition) is 2. The topological polar surface area (TPSA) is 75.4 Å². The minimum Gasteiger partial charge on any atom is -0.370 e. The Balaban J connectivity index is 0.00000312. The highest BCUT2D eigenvalue weighted by Crippen LogP contribution is 2.26. The van der Waals surface area contributed by atoms with Gasteiger partial charge in [0.05, 0.1) is 0 Å². The van der Waals surface area contributed by atoms with Crippen molar-refractivity contribution in [1.29, 1.82) is 0 Å². The molecule has 5 nitrogen and oxygen atoms in total. The molecule has 1 aliphatic heterocycles. The van der Waals surface area contributed by atoms with E-state index in [0.717, 1.165) is 37.2 Å². The molecule has 1 aromatic carbocycles. The largest absolute Gasteiger partial charge is 0.370 e. The fourth-order valence-corrected chi connectivity index (χ4v) is 3.38. The van der Waals surface area contributed by atoms with E-state index in [1.807, 2.05) is 31.2 Å². The molecule has 0 radical (unpaired) electrons. The van der Waals surface area contributed by atoms with E-state index < -0.39 is 0 Å². The van der Waals surface area contributed by atoms with Gasteiger partial charge in [-0.2, -0.15) is 0 Å². The summed E-state index contributed by atoms with van der Waals surface area (Å²) in [4.78, 5) is 25.8. The molecule has 1 atom stereocenters. The minimum absolute atomic E-state index is 0. The van der Waals surface area contributed by atoms with Gasteiger partial charge in [-0.15, -0.1) is 12.4 Å². The molecule has 1 fully saturated rings. The van der Waals surface area contributed by atoms with E-state index in [-0.39, 0.29) is 30.6 Å². The SMILES string of the molecule is Cc1cccc(N(CCC(N)=O)C(=O)CC(C)C2CCNCC2)c1.Cl. The van der Waals surface area contributed by atoms with Gasteiger partial charge in [-0.3, -0.25) is 9.59 Å². The zero-order valence-electron chi connectivity index (χ0n) is 15.2. The summed E-state index contributed by atoms with van der Waals surface area (Å²) in [5, 5.41) is 3.36. The van der Waals surface area contributed by atoms with Crippen molar-refractivity contribution in [3.63, 3.8) is 0 Å². The lowest BCUT2D eigenvalue weighted by Gasteiger charge is -2.30. The van der Waals surface area contributed by atoms with E-state index in [9.17, 15) is 9.59 Å². The molecule has 3 N–H and O–H groups in total. The molecule has 0 bridgehead atoms. The maximum absolute atomic E-state index is 12.9. The van der Waals surface area contributed by atoms with E-state index in [1.54, 1.807) is 4.90 Å². The molecule has 1 unspecified atom stereocenters. The van der Waals surface area contributed by atoms with Crippen molar-refractivity contribution in [1.82, 2.24) is 5.32 Å². The van der Waals surface area contributed by atoms with Crippen LogP contribution in [0.5, 0.6) is 0 Å². The van der Waals surface area contributed by atoms with Gasteiger partial charge in [0.25, 0.3) is 0 Å². The number of benzene rings is 1. The van der Waals surface area contributed by atoms with E-state index >= 15 is 0 Å². The number of piperidine rings is 1. The molecule has 2 rings (SSSR count). The van der Waals surface area contributed by atoms with Crippen LogP contribution in [0.1, 0.15) is 38.2 Å². The van der Waals surface area contributed by atoms with E-state index in [4.69, 9.17) is 5.73 Å². The zero-order chi connectivity index (χ0) is 17.5. The van der Waals surface area contributed by atoms with Crippen LogP contribution in [0.15, 0.2) is 24.3 Å². The predicted molar refractivity (Wildman–Crippen MR) is 104 cm³/mol. The average Bonchev–Trinajstić information content (AvgIpc) is 2.55. The van der Waals surface area contributed by atoms with Gasteiger partial charge in [0.2, 0.25) is 11.8 Å². The summed E-state index contributed by atoms with van der Waals surface area (Å²) in [7, 11) is 0. The highest BCUT2D eigenvalue weighted by Gasteiger charge is 2.25. The van der Waals surface area contributed by atoms with Crippen molar-refractivity contribution in [3.8, 4) is 0 Å². The standard InChI is InChI=1S/C19H29N3O2.ClH/c1-14-4-3-5-17(12-14)22(11-8-18(20)23)19(24)13-15(2)16-6-9-21-10-7-16;/h3-5,12,15-16,21H,6-11,13H2,1-2H3,(H2,20,23);1H. The maximum atomic E-state index is 12.9. The van der Waals surface area contributed by atoms with Crippen molar-refractivity contribution in [2.45, 2.75) is 39.5 Å². The Bertz CT molecular complexity index is 574. The van der Waals surface area contributed by atoms with Crippen molar-refractivity contribution < 1.29 is 9.59 Å². The number of amides is 2. The van der Waals surface area contributed by atoms with E-state index in [1.165, 1.54) is 0 Å². The number of nitrogens with two attached hydrogens (primary N) is 1. The molecule has 1 saturated heterocycles. The highest BCUT2D eigenvalue weighted by atomic mass is 35.5. The smallest absolute Gasteiger partial charge is 0.227 e. The Labute approximate surface area is 156 Å². The summed E-state index contributed by atoms with van der Waals surface area (Å²) >= 11 is 0. The van der Waals surface area contributed by atoms with Crippen LogP contribution in [0.25, 0.3) is 0 Å². The molecule has 0 aromatic heterocycles. The first-order valence-corrected chi connectivity index (χ1v) is 8.83. The number of nitrogens with zero attached hydrogens (tertiary/aromatic N) is 1. The van der Waals surface area contributed by atoms with Gasteiger partial charge < -0.3 is 16.0 Å². The molecule has 140 valence electrons. The summed E-state index contributed by atoms with van der Waals surface area (Å²) in [6.45, 7) is 6.57. The second-order valence-electron chi connectivity index (χ2n) is 6.87. The van der Waals surface area contributed by atoms with Crippen LogP contribution >= 0.6 is 12.4 Å². The summed E-state index contributed by atoms with van der Waals surface area (Å²) in [5.41, 5.74) is 7.22. The van der Waals surface area contributed by atoms with Crippen molar-refractivity contribution in [2.24, 2.45) is 17.6 Å². The molecule has 0 aliphatic carbocycles. The van der Waals surface area contributed by atoms with Gasteiger partial charge in [0, 0.05) is 25.1 Å². The van der Waals surface area contributed by atoms with Crippen LogP contribution in [-0.2, 0) is 9.59 Å². The number of hydrogen-bond acceptors (Lipinski definition) is 3. The van der Waals surface area contributed by atoms with E-state index in [2.05, 4.69) is 12.2 Å². The zero-order valence-corrected chi connectivity index (χ0v) is 16.0. The number of primary amides is 1. The van der Waals surface area contributed by atoms with Crippen LogP contribution in [0.4, 0.5) is 5.69 Å². The third kappa shape index (κ3) is 6.67. The Hall–Kier alpha value is -1.59. The van der Waals surface area contributed by atoms with Crippen LogP contribution in [-0.4, -0.2) is 31.4 Å². The molecule has 1 aromatic rings. The lowest BCUT2D eigenvalue weighted by Crippen LogP contribution is -2.37. The number of halogens is 1. The second-order valence-corrected chi connectivity index (χ2v) is 6.87. The number of anilines is 1. The molecule has 25 heavy (non-hydrogen) atoms. The maximum Gasteiger partial charge on any atom is 0.227 e. The van der Waals surface area contributed by atoms with Crippen molar-refractivity contribution in [2.75, 3.05) is 24.5 Å². The van der Waals surface area contributed by atoms with Crippen LogP contribution in [0.3, 0.4) is 0 Å². The Morgan fingerprint density at radius 2 is 2.00 bits per heavy atom. The monoisotopic (exact) mass is 367 g/mol. The van der Waals surface area contributed by atoms with Crippen LogP contribution in [0, 0.1) is 18.8 Å². The molecule has 0 saturated carbocycles. The number of rotatable bonds is 7. The third-order valence-corrected chi connectivity index (χ3v) is 4.88. The van der Waals surface area contributed by atoms with Gasteiger partial charge in [0.15, 0.2) is 0 Å². The first-order valence-electron chi connectivity index (χ1n) is 8.83. The molecule has 6 heteroatoms. The predicted octanol–water partition coefficient (Wildman–Crippen LogP) is 2.65. The Morgan fingerprint density at radius 1 is 1.32 bits per heavy atom. The van der Waals surface area contributed by atoms with Gasteiger partial charge >= 0.3 is 0 Å². The fraction of sp³-hybridized carbons (Fsp3) is 0.579. The van der Waals surface area contributed by atoms with Gasteiger partial charge in [-0.1, -0.05) is 19.1 Å². The lowest BCUT2D eigenvalue weighted by atomic mass is 9.84. The molecule has 1 aliphatic rings. The number of aryl methyl sites for hydroxylation is 1. The normalized spacial score (nSPS) is 15.9. The average molecular weight is 368 g/mol. The fourth-order valence-electron chi connectivity index (χ4n) is 3.38. The van der Waals surface area contributed by atoms with Crippen molar-refractivity contribution in [3.05, 3.63) is 29.8 Å². The third-order valence-electron chi connectivity index (χ3n) is 4.88.